The van der Waals surface area contributed by atoms with Gasteiger partial charge in [-0.05, 0) is 107 Å². The summed E-state index contributed by atoms with van der Waals surface area (Å²) < 4.78 is 9.43. The SMILES string of the molecule is Cn1c2ccc(-n3c4ccccc4c4ccccc43)cc2c2cc(-n3c4ccccc4c4ccccc43)ccc21.Cn1c2ccc(C(C)(C)C)cc2c2cc(C(C)(C)C)ccc21. The molecule has 0 aliphatic heterocycles. The Kier molecular flexibility index (Phi) is 8.40. The van der Waals surface area contributed by atoms with E-state index in [0.717, 1.165) is 0 Å². The number of benzene rings is 8. The molecule has 0 unspecified atom stereocenters. The molecule has 0 aliphatic rings. The van der Waals surface area contributed by atoms with E-state index in [9.17, 15) is 0 Å². The number of rotatable bonds is 2. The lowest BCUT2D eigenvalue weighted by Gasteiger charge is -2.19. The van der Waals surface area contributed by atoms with E-state index in [-0.39, 0.29) is 10.8 Å². The van der Waals surface area contributed by atoms with Crippen LogP contribution in [-0.4, -0.2) is 18.3 Å². The fourth-order valence-electron chi connectivity index (χ4n) is 10.0. The summed E-state index contributed by atoms with van der Waals surface area (Å²) >= 11 is 0. The molecular formula is C58H52N4. The van der Waals surface area contributed by atoms with Crippen molar-refractivity contribution in [2.45, 2.75) is 52.4 Å². The lowest BCUT2D eigenvalue weighted by Crippen LogP contribution is -2.10. The van der Waals surface area contributed by atoms with E-state index < -0.39 is 0 Å². The Morgan fingerprint density at radius 1 is 0.274 bits per heavy atom. The first kappa shape index (κ1) is 37.9. The molecule has 0 atom stereocenters. The molecule has 0 aliphatic carbocycles. The van der Waals surface area contributed by atoms with Gasteiger partial charge in [-0.2, -0.15) is 0 Å². The molecular weight excluding hydrogens is 753 g/mol. The molecule has 4 heterocycles. The molecule has 4 nitrogen and oxygen atoms in total. The van der Waals surface area contributed by atoms with Crippen LogP contribution >= 0.6 is 0 Å². The summed E-state index contributed by atoms with van der Waals surface area (Å²) in [6.07, 6.45) is 0. The number of fused-ring (bicyclic) bond motifs is 12. The number of para-hydroxylation sites is 4. The van der Waals surface area contributed by atoms with Gasteiger partial charge in [0.1, 0.15) is 0 Å². The van der Waals surface area contributed by atoms with Crippen LogP contribution < -0.4 is 0 Å². The molecule has 0 amide bonds. The second kappa shape index (κ2) is 13.7. The molecule has 8 aromatic carbocycles. The lowest BCUT2D eigenvalue weighted by molar-refractivity contribution is 0.590. The van der Waals surface area contributed by atoms with Crippen molar-refractivity contribution < 1.29 is 0 Å². The fourth-order valence-corrected chi connectivity index (χ4v) is 10.0. The maximum Gasteiger partial charge on any atom is 0.0541 e. The molecule has 0 saturated heterocycles. The van der Waals surface area contributed by atoms with Crippen LogP contribution in [0.2, 0.25) is 0 Å². The summed E-state index contributed by atoms with van der Waals surface area (Å²) in [7, 11) is 4.34. The van der Waals surface area contributed by atoms with Crippen molar-refractivity contribution in [1.29, 1.82) is 0 Å². The largest absolute Gasteiger partial charge is 0.344 e. The standard InChI is InChI=1S/C37H25N3.C21H27N/c1-38-32-20-18-24(39-34-14-6-2-10-26(34)27-11-3-7-15-35(27)39)22-30(32)31-23-25(19-21-33(31)38)40-36-16-8-4-12-28(36)29-13-5-9-17-37(29)40;1-20(2,3)14-8-10-18-16(12-14)17-13-15(21(4,5)6)9-11-19(17)22(18)7/h2-23H,1H3;8-13H,1-7H3. The zero-order valence-electron chi connectivity index (χ0n) is 37.0. The minimum atomic E-state index is 0.179. The van der Waals surface area contributed by atoms with Crippen LogP contribution in [0.1, 0.15) is 52.7 Å². The van der Waals surface area contributed by atoms with Gasteiger partial charge in [-0.15, -0.1) is 0 Å². The van der Waals surface area contributed by atoms with Crippen LogP contribution in [0.25, 0.3) is 98.6 Å². The third-order valence-electron chi connectivity index (χ3n) is 13.4. The monoisotopic (exact) mass is 804 g/mol. The first-order valence-electron chi connectivity index (χ1n) is 21.9. The van der Waals surface area contributed by atoms with Gasteiger partial charge >= 0.3 is 0 Å². The molecule has 0 radical (unpaired) electrons. The number of aromatic nitrogens is 4. The van der Waals surface area contributed by atoms with E-state index in [1.807, 2.05) is 0 Å². The number of nitrogens with zero attached hydrogens (tertiary/aromatic N) is 4. The van der Waals surface area contributed by atoms with Crippen molar-refractivity contribution in [1.82, 2.24) is 18.3 Å². The fraction of sp³-hybridized carbons (Fsp3) is 0.172. The smallest absolute Gasteiger partial charge is 0.0541 e. The molecule has 0 bridgehead atoms. The molecule has 0 fully saturated rings. The van der Waals surface area contributed by atoms with Crippen molar-refractivity contribution >= 4 is 87.2 Å². The highest BCUT2D eigenvalue weighted by molar-refractivity contribution is 6.13. The summed E-state index contributed by atoms with van der Waals surface area (Å²) in [6, 6.07) is 62.5. The second-order valence-corrected chi connectivity index (χ2v) is 19.2. The van der Waals surface area contributed by atoms with Gasteiger partial charge in [0.25, 0.3) is 0 Å². The molecule has 0 saturated carbocycles. The molecule has 12 aromatic rings. The Morgan fingerprint density at radius 2 is 0.548 bits per heavy atom. The van der Waals surface area contributed by atoms with Crippen LogP contribution in [0.5, 0.6) is 0 Å². The predicted octanol–water partition coefficient (Wildman–Crippen LogP) is 15.5. The number of hydrogen-bond acceptors (Lipinski definition) is 0. The molecule has 0 spiro atoms. The average Bonchev–Trinajstić information content (AvgIpc) is 3.97. The van der Waals surface area contributed by atoms with Crippen molar-refractivity contribution in [3.05, 3.63) is 181 Å². The third kappa shape index (κ3) is 5.80. The van der Waals surface area contributed by atoms with E-state index >= 15 is 0 Å². The Labute approximate surface area is 362 Å². The van der Waals surface area contributed by atoms with E-state index in [1.54, 1.807) is 0 Å². The first-order chi connectivity index (χ1) is 29.9. The van der Waals surface area contributed by atoms with Gasteiger partial charge in [-0.3, -0.25) is 0 Å². The van der Waals surface area contributed by atoms with E-state index in [1.165, 1.54) is 110 Å². The normalized spacial score (nSPS) is 12.5. The summed E-state index contributed by atoms with van der Waals surface area (Å²) in [5, 5.41) is 10.4. The maximum atomic E-state index is 2.40. The summed E-state index contributed by atoms with van der Waals surface area (Å²) in [4.78, 5) is 0. The molecule has 4 heteroatoms. The summed E-state index contributed by atoms with van der Waals surface area (Å²) in [6.45, 7) is 13.7. The van der Waals surface area contributed by atoms with Gasteiger partial charge in [0, 0.05) is 90.6 Å². The van der Waals surface area contributed by atoms with Gasteiger partial charge < -0.3 is 18.3 Å². The average molecular weight is 805 g/mol. The van der Waals surface area contributed by atoms with E-state index in [4.69, 9.17) is 0 Å². The Hall–Kier alpha value is -7.04. The van der Waals surface area contributed by atoms with Crippen molar-refractivity contribution in [3.63, 3.8) is 0 Å². The van der Waals surface area contributed by atoms with Crippen molar-refractivity contribution in [3.8, 4) is 11.4 Å². The third-order valence-corrected chi connectivity index (χ3v) is 13.4. The van der Waals surface area contributed by atoms with Crippen LogP contribution in [0.15, 0.2) is 170 Å². The highest BCUT2D eigenvalue weighted by Gasteiger charge is 2.20. The number of aryl methyl sites for hydroxylation is 2. The second-order valence-electron chi connectivity index (χ2n) is 19.2. The van der Waals surface area contributed by atoms with Crippen LogP contribution in [-0.2, 0) is 24.9 Å². The van der Waals surface area contributed by atoms with Crippen molar-refractivity contribution in [2.24, 2.45) is 14.1 Å². The Morgan fingerprint density at radius 3 is 0.855 bits per heavy atom. The zero-order chi connectivity index (χ0) is 42.7. The van der Waals surface area contributed by atoms with Gasteiger partial charge in [-0.25, -0.2) is 0 Å². The Balaban J connectivity index is 0.000000167. The molecule has 62 heavy (non-hydrogen) atoms. The molecule has 12 rings (SSSR count). The van der Waals surface area contributed by atoms with Gasteiger partial charge in [0.15, 0.2) is 0 Å². The van der Waals surface area contributed by atoms with Crippen LogP contribution in [0.4, 0.5) is 0 Å². The highest BCUT2D eigenvalue weighted by atomic mass is 15.0. The van der Waals surface area contributed by atoms with E-state index in [2.05, 4.69) is 244 Å². The van der Waals surface area contributed by atoms with E-state index in [0.29, 0.717) is 0 Å². The number of hydrogen-bond donors (Lipinski definition) is 0. The topological polar surface area (TPSA) is 19.7 Å². The summed E-state index contributed by atoms with van der Waals surface area (Å²) in [5.74, 6) is 0. The zero-order valence-corrected chi connectivity index (χ0v) is 37.0. The Bertz CT molecular complexity index is 3390. The van der Waals surface area contributed by atoms with Crippen LogP contribution in [0.3, 0.4) is 0 Å². The van der Waals surface area contributed by atoms with Gasteiger partial charge in [-0.1, -0.05) is 126 Å². The molecule has 304 valence electrons. The van der Waals surface area contributed by atoms with Crippen molar-refractivity contribution in [2.75, 3.05) is 0 Å². The predicted molar refractivity (Wildman–Crippen MR) is 267 cm³/mol. The van der Waals surface area contributed by atoms with Gasteiger partial charge in [0.2, 0.25) is 0 Å². The maximum absolute atomic E-state index is 2.40. The quantitative estimate of drug-likeness (QED) is 0.166. The summed E-state index contributed by atoms with van der Waals surface area (Å²) in [5.41, 5.74) is 15.5. The minimum absolute atomic E-state index is 0.179. The lowest BCUT2D eigenvalue weighted by atomic mass is 9.85. The minimum Gasteiger partial charge on any atom is -0.344 e. The first-order valence-corrected chi connectivity index (χ1v) is 21.9. The molecule has 0 N–H and O–H groups in total. The van der Waals surface area contributed by atoms with Crippen LogP contribution in [0, 0.1) is 0 Å². The van der Waals surface area contributed by atoms with Gasteiger partial charge in [0.05, 0.1) is 22.1 Å². The highest BCUT2D eigenvalue weighted by Crippen LogP contribution is 2.39. The molecule has 4 aromatic heterocycles.